The monoisotopic (exact) mass is 470 g/mol. The number of piperidine rings is 1. The highest BCUT2D eigenvalue weighted by Crippen LogP contribution is 2.34. The third-order valence-corrected chi connectivity index (χ3v) is 6.61. The number of aryl methyl sites for hydroxylation is 1. The number of fused-ring (bicyclic) bond motifs is 2. The third-order valence-electron chi connectivity index (χ3n) is 6.61. The van der Waals surface area contributed by atoms with Crippen LogP contribution in [0, 0.1) is 6.92 Å². The number of benzene rings is 1. The molecule has 2 aliphatic heterocycles. The summed E-state index contributed by atoms with van der Waals surface area (Å²) in [5, 5.41) is 8.01. The van der Waals surface area contributed by atoms with Crippen molar-refractivity contribution < 1.29 is 14.3 Å². The number of pyridine rings is 1. The van der Waals surface area contributed by atoms with Crippen LogP contribution >= 0.6 is 0 Å². The predicted octanol–water partition coefficient (Wildman–Crippen LogP) is 3.79. The number of carbonyl (C=O) groups excluding carboxylic acids is 1. The second kappa shape index (κ2) is 8.90. The fourth-order valence-corrected chi connectivity index (χ4v) is 4.74. The summed E-state index contributed by atoms with van der Waals surface area (Å²) in [6.45, 7) is 4.18. The maximum absolute atomic E-state index is 13.3. The van der Waals surface area contributed by atoms with Crippen LogP contribution in [0.3, 0.4) is 0 Å². The van der Waals surface area contributed by atoms with Gasteiger partial charge in [0.1, 0.15) is 5.82 Å². The molecule has 9 heteroatoms. The van der Waals surface area contributed by atoms with Gasteiger partial charge in [0, 0.05) is 55.1 Å². The molecule has 1 aromatic carbocycles. The maximum Gasteiger partial charge on any atom is 0.254 e. The van der Waals surface area contributed by atoms with E-state index in [2.05, 4.69) is 21.5 Å². The molecule has 6 rings (SSSR count). The number of aromatic nitrogens is 4. The lowest BCUT2D eigenvalue weighted by molar-refractivity contribution is 0.0705. The van der Waals surface area contributed by atoms with Crippen molar-refractivity contribution in [2.24, 2.45) is 0 Å². The second-order valence-corrected chi connectivity index (χ2v) is 9.00. The zero-order valence-corrected chi connectivity index (χ0v) is 19.5. The number of carbonyl (C=O) groups is 1. The normalized spacial score (nSPS) is 17.1. The Morgan fingerprint density at radius 2 is 2.09 bits per heavy atom. The maximum atomic E-state index is 13.3. The summed E-state index contributed by atoms with van der Waals surface area (Å²) < 4.78 is 12.7. The van der Waals surface area contributed by atoms with E-state index < -0.39 is 0 Å². The lowest BCUT2D eigenvalue weighted by Gasteiger charge is -2.33. The van der Waals surface area contributed by atoms with E-state index in [1.165, 1.54) is 0 Å². The molecule has 0 spiro atoms. The van der Waals surface area contributed by atoms with Crippen molar-refractivity contribution in [3.8, 4) is 11.5 Å². The van der Waals surface area contributed by atoms with Crippen LogP contribution in [0.2, 0.25) is 0 Å². The summed E-state index contributed by atoms with van der Waals surface area (Å²) in [7, 11) is 0. The lowest BCUT2D eigenvalue weighted by Crippen LogP contribution is -2.39. The Kier molecular flexibility index (Phi) is 5.44. The van der Waals surface area contributed by atoms with Gasteiger partial charge in [-0.15, -0.1) is 0 Å². The number of ether oxygens (including phenoxy) is 2. The van der Waals surface area contributed by atoms with Gasteiger partial charge >= 0.3 is 0 Å². The summed E-state index contributed by atoms with van der Waals surface area (Å²) in [5.74, 6) is 2.32. The lowest BCUT2D eigenvalue weighted by atomic mass is 9.93. The average Bonchev–Trinajstić information content (AvgIpc) is 3.53. The van der Waals surface area contributed by atoms with Crippen molar-refractivity contribution in [2.75, 3.05) is 25.2 Å². The highest BCUT2D eigenvalue weighted by Gasteiger charge is 2.28. The summed E-state index contributed by atoms with van der Waals surface area (Å²) in [5.41, 5.74) is 4.51. The fourth-order valence-electron chi connectivity index (χ4n) is 4.74. The van der Waals surface area contributed by atoms with Crippen LogP contribution in [-0.2, 0) is 6.54 Å². The van der Waals surface area contributed by atoms with Crippen molar-refractivity contribution in [1.29, 1.82) is 0 Å². The molecule has 1 unspecified atom stereocenters. The first-order valence-electron chi connectivity index (χ1n) is 11.8. The predicted molar refractivity (Wildman–Crippen MR) is 130 cm³/mol. The Bertz CT molecular complexity index is 1390. The number of hydrogen-bond donors (Lipinski definition) is 1. The number of amides is 1. The van der Waals surface area contributed by atoms with E-state index in [0.717, 1.165) is 47.7 Å². The average molecular weight is 471 g/mol. The summed E-state index contributed by atoms with van der Waals surface area (Å²) in [4.78, 5) is 24.4. The molecule has 5 heterocycles. The summed E-state index contributed by atoms with van der Waals surface area (Å²) in [6.07, 6.45) is 7.34. The van der Waals surface area contributed by atoms with Crippen molar-refractivity contribution in [3.63, 3.8) is 0 Å². The minimum Gasteiger partial charge on any atom is -0.454 e. The number of hydrogen-bond acceptors (Lipinski definition) is 7. The topological polar surface area (TPSA) is 93.9 Å². The molecule has 35 heavy (non-hydrogen) atoms. The Balaban J connectivity index is 1.25. The van der Waals surface area contributed by atoms with Crippen molar-refractivity contribution in [1.82, 2.24) is 24.5 Å². The van der Waals surface area contributed by atoms with E-state index in [0.29, 0.717) is 30.2 Å². The Labute approximate surface area is 202 Å². The van der Waals surface area contributed by atoms with Gasteiger partial charge in [-0.3, -0.25) is 9.78 Å². The van der Waals surface area contributed by atoms with E-state index in [1.807, 2.05) is 40.9 Å². The van der Waals surface area contributed by atoms with Crippen molar-refractivity contribution in [2.45, 2.75) is 32.2 Å². The third kappa shape index (κ3) is 4.14. The van der Waals surface area contributed by atoms with Gasteiger partial charge in [-0.25, -0.2) is 4.98 Å². The van der Waals surface area contributed by atoms with Gasteiger partial charge in [0.05, 0.1) is 11.9 Å². The zero-order chi connectivity index (χ0) is 23.8. The van der Waals surface area contributed by atoms with Gasteiger partial charge < -0.3 is 19.7 Å². The number of likely N-dealkylation sites (tertiary alicyclic amines) is 1. The Hall–Kier alpha value is -4.14. The Morgan fingerprint density at radius 3 is 2.97 bits per heavy atom. The highest BCUT2D eigenvalue weighted by atomic mass is 16.7. The molecule has 9 nitrogen and oxygen atoms in total. The van der Waals surface area contributed by atoms with E-state index in [9.17, 15) is 4.79 Å². The van der Waals surface area contributed by atoms with Gasteiger partial charge in [0.2, 0.25) is 6.79 Å². The molecule has 0 radical (unpaired) electrons. The molecule has 4 aromatic rings. The largest absolute Gasteiger partial charge is 0.454 e. The van der Waals surface area contributed by atoms with Crippen LogP contribution in [0.1, 0.15) is 45.9 Å². The van der Waals surface area contributed by atoms with Gasteiger partial charge in [0.15, 0.2) is 17.1 Å². The molecule has 1 fully saturated rings. The fraction of sp³-hybridized carbons (Fsp3) is 0.308. The minimum atomic E-state index is 0.00420. The minimum absolute atomic E-state index is 0.00420. The van der Waals surface area contributed by atoms with Crippen LogP contribution in [0.25, 0.3) is 5.65 Å². The van der Waals surface area contributed by atoms with Gasteiger partial charge in [-0.2, -0.15) is 9.61 Å². The molecule has 3 aromatic heterocycles. The van der Waals surface area contributed by atoms with Crippen molar-refractivity contribution >= 4 is 17.4 Å². The number of nitrogens with one attached hydrogen (secondary N) is 1. The van der Waals surface area contributed by atoms with Crippen LogP contribution in [0.5, 0.6) is 11.5 Å². The van der Waals surface area contributed by atoms with Crippen LogP contribution in [0.4, 0.5) is 5.82 Å². The first-order chi connectivity index (χ1) is 17.2. The highest BCUT2D eigenvalue weighted by molar-refractivity contribution is 5.95. The van der Waals surface area contributed by atoms with E-state index >= 15 is 0 Å². The molecular weight excluding hydrogens is 444 g/mol. The van der Waals surface area contributed by atoms with Crippen LogP contribution in [0.15, 0.2) is 55.0 Å². The molecule has 178 valence electrons. The summed E-state index contributed by atoms with van der Waals surface area (Å²) in [6, 6.07) is 11.4. The molecule has 1 amide bonds. The number of anilines is 1. The molecule has 1 N–H and O–H groups in total. The van der Waals surface area contributed by atoms with E-state index in [4.69, 9.17) is 14.5 Å². The molecule has 0 saturated carbocycles. The molecular formula is C26H26N6O3. The number of rotatable bonds is 5. The molecule has 0 aliphatic carbocycles. The molecule has 1 saturated heterocycles. The smallest absolute Gasteiger partial charge is 0.254 e. The standard InChI is InChI=1S/C26H26N6O3/c1-17-12-29-32-24(28-14-18-4-2-8-27-13-18)11-21(30-25(17)32)20-5-3-9-31(15-20)26(33)19-6-7-22-23(10-19)35-16-34-22/h2,4,6-8,10-13,20,28H,3,5,9,14-16H2,1H3. The first kappa shape index (κ1) is 21.4. The van der Waals surface area contributed by atoms with Crippen LogP contribution in [-0.4, -0.2) is 50.3 Å². The second-order valence-electron chi connectivity index (χ2n) is 9.00. The van der Waals surface area contributed by atoms with E-state index in [-0.39, 0.29) is 18.6 Å². The quantitative estimate of drug-likeness (QED) is 0.474. The number of nitrogens with zero attached hydrogens (tertiary/aromatic N) is 5. The van der Waals surface area contributed by atoms with Gasteiger partial charge in [-0.05, 0) is 49.6 Å². The Morgan fingerprint density at radius 1 is 1.17 bits per heavy atom. The molecule has 2 aliphatic rings. The summed E-state index contributed by atoms with van der Waals surface area (Å²) >= 11 is 0. The van der Waals surface area contributed by atoms with Crippen molar-refractivity contribution in [3.05, 3.63) is 77.4 Å². The zero-order valence-electron chi connectivity index (χ0n) is 19.5. The first-order valence-corrected chi connectivity index (χ1v) is 11.8. The molecule has 0 bridgehead atoms. The van der Waals surface area contributed by atoms with Gasteiger partial charge in [0.25, 0.3) is 5.91 Å². The van der Waals surface area contributed by atoms with Gasteiger partial charge in [-0.1, -0.05) is 6.07 Å². The van der Waals surface area contributed by atoms with E-state index in [1.54, 1.807) is 24.4 Å². The van der Waals surface area contributed by atoms with Crippen LogP contribution < -0.4 is 14.8 Å². The SMILES string of the molecule is Cc1cnn2c(NCc3cccnc3)cc(C3CCCN(C(=O)c4ccc5c(c4)OCO5)C3)nc12. The molecule has 1 atom stereocenters.